The largest absolute Gasteiger partial charge is 0.321 e. The van der Waals surface area contributed by atoms with Gasteiger partial charge in [-0.1, -0.05) is 47.0 Å². The molecule has 1 aliphatic heterocycles. The molecule has 0 unspecified atom stereocenters. The van der Waals surface area contributed by atoms with Crippen LogP contribution in [0.4, 0.5) is 11.4 Å². The van der Waals surface area contributed by atoms with Crippen LogP contribution in [-0.4, -0.2) is 20.4 Å². The van der Waals surface area contributed by atoms with E-state index in [1.807, 2.05) is 13.8 Å². The van der Waals surface area contributed by atoms with Gasteiger partial charge in [-0.3, -0.25) is 9.10 Å². The van der Waals surface area contributed by atoms with Crippen molar-refractivity contribution in [1.29, 1.82) is 0 Å². The summed E-state index contributed by atoms with van der Waals surface area (Å²) in [6.07, 6.45) is 0.513. The number of carbonyl (C=O) groups is 1. The lowest BCUT2D eigenvalue weighted by Gasteiger charge is -2.24. The Balaban J connectivity index is 1.64. The number of fused-ring (bicyclic) bond motifs is 1. The lowest BCUT2D eigenvalue weighted by molar-refractivity contribution is 0.102. The quantitative estimate of drug-likeness (QED) is 0.527. The number of carbonyl (C=O) groups excluding carboxylic acids is 1. The number of halogens is 2. The Hall–Kier alpha value is -2.54. The molecule has 0 saturated carbocycles. The van der Waals surface area contributed by atoms with E-state index in [4.69, 9.17) is 23.2 Å². The third-order valence-corrected chi connectivity index (χ3v) is 8.03. The zero-order chi connectivity index (χ0) is 22.3. The fourth-order valence-electron chi connectivity index (χ4n) is 3.73. The second-order valence-corrected chi connectivity index (χ2v) is 10.2. The fourth-order valence-corrected chi connectivity index (χ4v) is 5.77. The molecule has 0 spiro atoms. The number of hydrogen-bond acceptors (Lipinski definition) is 3. The van der Waals surface area contributed by atoms with Crippen LogP contribution in [-0.2, 0) is 16.4 Å². The summed E-state index contributed by atoms with van der Waals surface area (Å²) in [5.74, 6) is -0.348. The predicted octanol–water partition coefficient (Wildman–Crippen LogP) is 5.69. The highest BCUT2D eigenvalue weighted by Gasteiger charge is 2.36. The molecular weight excluding hydrogens is 455 g/mol. The number of sulfonamides is 1. The van der Waals surface area contributed by atoms with Crippen LogP contribution >= 0.6 is 23.2 Å². The van der Waals surface area contributed by atoms with E-state index in [9.17, 15) is 13.2 Å². The van der Waals surface area contributed by atoms with Crippen molar-refractivity contribution < 1.29 is 13.2 Å². The second-order valence-electron chi connectivity index (χ2n) is 7.57. The Labute approximate surface area is 191 Å². The van der Waals surface area contributed by atoms with Gasteiger partial charge in [-0.2, -0.15) is 0 Å². The average molecular weight is 475 g/mol. The van der Waals surface area contributed by atoms with E-state index in [2.05, 4.69) is 5.32 Å². The summed E-state index contributed by atoms with van der Waals surface area (Å²) in [7, 11) is -3.71. The summed E-state index contributed by atoms with van der Waals surface area (Å²) in [6.45, 7) is 3.77. The van der Waals surface area contributed by atoms with Crippen LogP contribution in [0.15, 0.2) is 65.6 Å². The van der Waals surface area contributed by atoms with Crippen molar-refractivity contribution in [3.63, 3.8) is 0 Å². The highest BCUT2D eigenvalue weighted by atomic mass is 35.5. The second kappa shape index (κ2) is 8.19. The first kappa shape index (κ1) is 21.7. The predicted molar refractivity (Wildman–Crippen MR) is 125 cm³/mol. The number of nitrogens with one attached hydrogen (secondary N) is 1. The molecule has 1 N–H and O–H groups in total. The minimum atomic E-state index is -3.71. The maximum atomic E-state index is 13.3. The first-order valence-corrected chi connectivity index (χ1v) is 11.9. The molecule has 0 radical (unpaired) electrons. The Bertz CT molecular complexity index is 1270. The fraction of sp³-hybridized carbons (Fsp3) is 0.174. The molecule has 5 nitrogen and oxygen atoms in total. The smallest absolute Gasteiger partial charge is 0.264 e. The van der Waals surface area contributed by atoms with Crippen molar-refractivity contribution in [2.24, 2.45) is 0 Å². The van der Waals surface area contributed by atoms with E-state index in [1.54, 1.807) is 60.7 Å². The molecule has 3 aromatic carbocycles. The number of hydrogen-bond donors (Lipinski definition) is 1. The number of anilines is 2. The van der Waals surface area contributed by atoms with Crippen molar-refractivity contribution in [1.82, 2.24) is 0 Å². The molecule has 3 aromatic rings. The van der Waals surface area contributed by atoms with Gasteiger partial charge in [0.1, 0.15) is 0 Å². The zero-order valence-corrected chi connectivity index (χ0v) is 19.2. The molecule has 1 amide bonds. The Morgan fingerprint density at radius 2 is 1.77 bits per heavy atom. The maximum Gasteiger partial charge on any atom is 0.264 e. The van der Waals surface area contributed by atoms with Crippen molar-refractivity contribution in [3.05, 3.63) is 87.4 Å². The number of benzene rings is 3. The van der Waals surface area contributed by atoms with E-state index in [1.165, 1.54) is 4.31 Å². The van der Waals surface area contributed by atoms with Crippen molar-refractivity contribution in [2.45, 2.75) is 31.2 Å². The maximum absolute atomic E-state index is 13.3. The molecule has 8 heteroatoms. The van der Waals surface area contributed by atoms with E-state index >= 15 is 0 Å². The topological polar surface area (TPSA) is 66.5 Å². The molecule has 1 aliphatic rings. The molecule has 31 heavy (non-hydrogen) atoms. The molecule has 0 aromatic heterocycles. The van der Waals surface area contributed by atoms with Gasteiger partial charge >= 0.3 is 0 Å². The van der Waals surface area contributed by atoms with Gasteiger partial charge in [-0.05, 0) is 68.3 Å². The van der Waals surface area contributed by atoms with Gasteiger partial charge in [0.25, 0.3) is 15.9 Å². The average Bonchev–Trinajstić information content (AvgIpc) is 3.07. The van der Waals surface area contributed by atoms with Crippen LogP contribution in [0.1, 0.15) is 28.4 Å². The highest BCUT2D eigenvalue weighted by molar-refractivity contribution is 7.92. The molecular formula is C23H20Cl2N2O3S. The van der Waals surface area contributed by atoms with E-state index < -0.39 is 10.0 Å². The summed E-state index contributed by atoms with van der Waals surface area (Å²) < 4.78 is 28.0. The van der Waals surface area contributed by atoms with Crippen LogP contribution in [0, 0.1) is 6.92 Å². The minimum Gasteiger partial charge on any atom is -0.321 e. The summed E-state index contributed by atoms with van der Waals surface area (Å²) in [4.78, 5) is 13.0. The standard InChI is InChI=1S/C23H20Cl2N2O3S/c1-14-6-9-18(10-7-14)31(29,30)27-15(2)12-17-13-16(8-11-21(17)27)23(28)26-20-5-3-4-19(24)22(20)25/h3-11,13,15H,12H2,1-2H3,(H,26,28)/t15-/m1/s1. The minimum absolute atomic E-state index is 0.246. The number of rotatable bonds is 4. The van der Waals surface area contributed by atoms with Crippen LogP contribution in [0.5, 0.6) is 0 Å². The third kappa shape index (κ3) is 4.03. The molecule has 160 valence electrons. The van der Waals surface area contributed by atoms with Gasteiger partial charge < -0.3 is 5.32 Å². The lowest BCUT2D eigenvalue weighted by Crippen LogP contribution is -2.35. The number of amides is 1. The third-order valence-electron chi connectivity index (χ3n) is 5.27. The van der Waals surface area contributed by atoms with Gasteiger partial charge in [-0.25, -0.2) is 8.42 Å². The van der Waals surface area contributed by atoms with Gasteiger partial charge in [0.05, 0.1) is 26.3 Å². The summed E-state index contributed by atoms with van der Waals surface area (Å²) in [6, 6.07) is 16.6. The summed E-state index contributed by atoms with van der Waals surface area (Å²) in [5.41, 5.74) is 3.20. The van der Waals surface area contributed by atoms with E-state index in [0.717, 1.165) is 11.1 Å². The summed E-state index contributed by atoms with van der Waals surface area (Å²) in [5, 5.41) is 3.37. The van der Waals surface area contributed by atoms with Crippen LogP contribution in [0.25, 0.3) is 0 Å². The van der Waals surface area contributed by atoms with Crippen LogP contribution < -0.4 is 9.62 Å². The SMILES string of the molecule is Cc1ccc(S(=O)(=O)N2c3ccc(C(=O)Nc4cccc(Cl)c4Cl)cc3C[C@H]2C)cc1. The lowest BCUT2D eigenvalue weighted by atomic mass is 10.1. The number of nitrogens with zero attached hydrogens (tertiary/aromatic N) is 1. The molecule has 0 saturated heterocycles. The van der Waals surface area contributed by atoms with Crippen molar-refractivity contribution in [2.75, 3.05) is 9.62 Å². The van der Waals surface area contributed by atoms with Crippen molar-refractivity contribution in [3.8, 4) is 0 Å². The first-order chi connectivity index (χ1) is 14.7. The van der Waals surface area contributed by atoms with Crippen LogP contribution in [0.3, 0.4) is 0 Å². The van der Waals surface area contributed by atoms with E-state index in [-0.39, 0.29) is 21.9 Å². The molecule has 0 aliphatic carbocycles. The zero-order valence-electron chi connectivity index (χ0n) is 16.9. The highest BCUT2D eigenvalue weighted by Crippen LogP contribution is 2.37. The summed E-state index contributed by atoms with van der Waals surface area (Å²) >= 11 is 12.2. The molecule has 1 atom stereocenters. The Morgan fingerprint density at radius 1 is 1.06 bits per heavy atom. The van der Waals surface area contributed by atoms with Gasteiger partial charge in [0.15, 0.2) is 0 Å². The first-order valence-electron chi connectivity index (χ1n) is 9.68. The van der Waals surface area contributed by atoms with Crippen LogP contribution in [0.2, 0.25) is 10.0 Å². The molecule has 0 fully saturated rings. The number of aryl methyl sites for hydroxylation is 1. The van der Waals surface area contributed by atoms with Crippen molar-refractivity contribution >= 4 is 50.5 Å². The Kier molecular flexibility index (Phi) is 5.73. The molecule has 4 rings (SSSR count). The Morgan fingerprint density at radius 3 is 2.48 bits per heavy atom. The van der Waals surface area contributed by atoms with E-state index in [0.29, 0.717) is 28.4 Å². The molecule has 0 bridgehead atoms. The van der Waals surface area contributed by atoms with Gasteiger partial charge in [0.2, 0.25) is 0 Å². The van der Waals surface area contributed by atoms with Gasteiger partial charge in [-0.15, -0.1) is 0 Å². The monoisotopic (exact) mass is 474 g/mol. The van der Waals surface area contributed by atoms with Gasteiger partial charge in [0, 0.05) is 11.6 Å². The normalized spacial score (nSPS) is 15.6. The molecule has 1 heterocycles.